The predicted octanol–water partition coefficient (Wildman–Crippen LogP) is 2.50. The van der Waals surface area contributed by atoms with Gasteiger partial charge in [-0.2, -0.15) is 0 Å². The molecule has 4 heteroatoms. The fourth-order valence-electron chi connectivity index (χ4n) is 1.75. The number of aromatic nitrogens is 2. The number of ether oxygens (including phenoxy) is 1. The lowest BCUT2D eigenvalue weighted by Gasteiger charge is -2.21. The van der Waals surface area contributed by atoms with Crippen LogP contribution < -0.4 is 0 Å². The molecule has 2 rings (SSSR count). The third kappa shape index (κ3) is 1.86. The van der Waals surface area contributed by atoms with Crippen LogP contribution in [-0.2, 0) is 23.2 Å². The van der Waals surface area contributed by atoms with Crippen LogP contribution in [0, 0.1) is 0 Å². The normalized spacial score (nSPS) is 15.5. The van der Waals surface area contributed by atoms with Crippen LogP contribution in [0.15, 0.2) is 0 Å². The minimum Gasteiger partial charge on any atom is -0.371 e. The molecule has 0 aliphatic heterocycles. The monoisotopic (exact) mass is 226 g/mol. The van der Waals surface area contributed by atoms with Gasteiger partial charge in [0.15, 0.2) is 5.82 Å². The molecule has 0 unspecified atom stereocenters. The molecule has 0 N–H and O–H groups in total. The molecule has 0 radical (unpaired) electrons. The minimum atomic E-state index is -0.471. The van der Waals surface area contributed by atoms with Crippen molar-refractivity contribution in [2.75, 3.05) is 7.11 Å². The van der Waals surface area contributed by atoms with Crippen molar-refractivity contribution in [2.45, 2.75) is 38.7 Å². The first-order valence-corrected chi connectivity index (χ1v) is 5.53. The van der Waals surface area contributed by atoms with Crippen molar-refractivity contribution in [3.63, 3.8) is 0 Å². The molecule has 0 spiro atoms. The van der Waals surface area contributed by atoms with Gasteiger partial charge in [-0.15, -0.1) is 0 Å². The van der Waals surface area contributed by atoms with Crippen molar-refractivity contribution in [3.05, 3.63) is 22.2 Å². The zero-order valence-corrected chi connectivity index (χ0v) is 10.1. The zero-order chi connectivity index (χ0) is 11.1. The van der Waals surface area contributed by atoms with Gasteiger partial charge in [0.25, 0.3) is 0 Å². The van der Waals surface area contributed by atoms with E-state index in [1.807, 2.05) is 13.8 Å². The molecule has 15 heavy (non-hydrogen) atoms. The summed E-state index contributed by atoms with van der Waals surface area (Å²) >= 11 is 6.13. The van der Waals surface area contributed by atoms with Crippen LogP contribution in [0.5, 0.6) is 0 Å². The molecule has 1 aromatic rings. The summed E-state index contributed by atoms with van der Waals surface area (Å²) in [5, 5.41) is 0.595. The molecule has 0 amide bonds. The molecular weight excluding hydrogens is 212 g/mol. The topological polar surface area (TPSA) is 35.0 Å². The Morgan fingerprint density at radius 2 is 2.00 bits per heavy atom. The summed E-state index contributed by atoms with van der Waals surface area (Å²) in [7, 11) is 1.66. The van der Waals surface area contributed by atoms with E-state index >= 15 is 0 Å². The van der Waals surface area contributed by atoms with E-state index in [9.17, 15) is 0 Å². The summed E-state index contributed by atoms with van der Waals surface area (Å²) in [6, 6.07) is 0. The van der Waals surface area contributed by atoms with Gasteiger partial charge in [0.2, 0.25) is 0 Å². The molecule has 82 valence electrons. The average Bonchev–Trinajstić information content (AvgIpc) is 2.66. The summed E-state index contributed by atoms with van der Waals surface area (Å²) in [5.74, 6) is 0.677. The first-order valence-electron chi connectivity index (χ1n) is 5.15. The maximum absolute atomic E-state index is 6.13. The van der Waals surface area contributed by atoms with Gasteiger partial charge in [0.05, 0.1) is 0 Å². The van der Waals surface area contributed by atoms with Gasteiger partial charge in [0.1, 0.15) is 10.8 Å². The third-order valence-electron chi connectivity index (χ3n) is 2.93. The van der Waals surface area contributed by atoms with Crippen LogP contribution in [0.4, 0.5) is 0 Å². The van der Waals surface area contributed by atoms with Crippen molar-refractivity contribution in [1.29, 1.82) is 0 Å². The Bertz CT molecular complexity index is 390. The lowest BCUT2D eigenvalue weighted by atomic mass is 10.1. The summed E-state index contributed by atoms with van der Waals surface area (Å²) in [6.07, 6.45) is 3.13. The minimum absolute atomic E-state index is 0.471. The highest BCUT2D eigenvalue weighted by molar-refractivity contribution is 6.30. The number of fused-ring (bicyclic) bond motifs is 1. The molecule has 0 fully saturated rings. The molecule has 0 bridgehead atoms. The SMILES string of the molecule is COC(C)(C)c1nc(Cl)c2c(n1)CCC2. The van der Waals surface area contributed by atoms with E-state index in [2.05, 4.69) is 9.97 Å². The van der Waals surface area contributed by atoms with Crippen molar-refractivity contribution in [2.24, 2.45) is 0 Å². The van der Waals surface area contributed by atoms with Crippen LogP contribution >= 0.6 is 11.6 Å². The predicted molar refractivity (Wildman–Crippen MR) is 59.1 cm³/mol. The maximum Gasteiger partial charge on any atom is 0.161 e. The number of rotatable bonds is 2. The number of halogens is 1. The standard InChI is InChI=1S/C11H15ClN2O/c1-11(2,15-3)10-13-8-6-4-5-7(8)9(12)14-10/h4-6H2,1-3H3. The Hall–Kier alpha value is -0.670. The number of nitrogens with zero attached hydrogens (tertiary/aromatic N) is 2. The van der Waals surface area contributed by atoms with E-state index in [4.69, 9.17) is 16.3 Å². The Morgan fingerprint density at radius 3 is 2.67 bits per heavy atom. The largest absolute Gasteiger partial charge is 0.371 e. The van der Waals surface area contributed by atoms with E-state index in [1.54, 1.807) is 7.11 Å². The molecule has 1 aliphatic rings. The quantitative estimate of drug-likeness (QED) is 0.727. The molecule has 0 aromatic carbocycles. The van der Waals surface area contributed by atoms with Gasteiger partial charge < -0.3 is 4.74 Å². The van der Waals surface area contributed by atoms with E-state index < -0.39 is 5.60 Å². The van der Waals surface area contributed by atoms with E-state index in [-0.39, 0.29) is 0 Å². The lowest BCUT2D eigenvalue weighted by molar-refractivity contribution is 0.0113. The summed E-state index contributed by atoms with van der Waals surface area (Å²) < 4.78 is 5.35. The third-order valence-corrected chi connectivity index (χ3v) is 3.24. The summed E-state index contributed by atoms with van der Waals surface area (Å²) in [5.41, 5.74) is 1.74. The Balaban J connectivity index is 2.48. The Labute approximate surface area is 94.8 Å². The molecule has 0 saturated carbocycles. The Morgan fingerprint density at radius 1 is 1.27 bits per heavy atom. The van der Waals surface area contributed by atoms with Gasteiger partial charge in [-0.05, 0) is 33.1 Å². The summed E-state index contributed by atoms with van der Waals surface area (Å²) in [4.78, 5) is 8.85. The molecule has 1 aromatic heterocycles. The van der Waals surface area contributed by atoms with Crippen LogP contribution in [0.25, 0.3) is 0 Å². The fraction of sp³-hybridized carbons (Fsp3) is 0.636. The van der Waals surface area contributed by atoms with E-state index in [0.717, 1.165) is 30.5 Å². The second-order valence-electron chi connectivity index (χ2n) is 4.33. The first kappa shape index (κ1) is 10.8. The van der Waals surface area contributed by atoms with Gasteiger partial charge in [0, 0.05) is 18.4 Å². The van der Waals surface area contributed by atoms with E-state index in [1.165, 1.54) is 0 Å². The van der Waals surface area contributed by atoms with Crippen molar-refractivity contribution in [3.8, 4) is 0 Å². The van der Waals surface area contributed by atoms with Gasteiger partial charge in [-0.25, -0.2) is 9.97 Å². The average molecular weight is 227 g/mol. The molecular formula is C11H15ClN2O. The highest BCUT2D eigenvalue weighted by Gasteiger charge is 2.27. The number of hydrogen-bond donors (Lipinski definition) is 0. The van der Waals surface area contributed by atoms with Crippen molar-refractivity contribution >= 4 is 11.6 Å². The van der Waals surface area contributed by atoms with Crippen molar-refractivity contribution < 1.29 is 4.74 Å². The maximum atomic E-state index is 6.13. The van der Waals surface area contributed by atoms with Gasteiger partial charge in [-0.3, -0.25) is 0 Å². The van der Waals surface area contributed by atoms with Gasteiger partial charge >= 0.3 is 0 Å². The van der Waals surface area contributed by atoms with Crippen LogP contribution in [0.3, 0.4) is 0 Å². The van der Waals surface area contributed by atoms with Crippen LogP contribution in [-0.4, -0.2) is 17.1 Å². The number of aryl methyl sites for hydroxylation is 1. The smallest absolute Gasteiger partial charge is 0.161 e. The molecule has 1 aliphatic carbocycles. The zero-order valence-electron chi connectivity index (χ0n) is 9.30. The summed E-state index contributed by atoms with van der Waals surface area (Å²) in [6.45, 7) is 3.89. The van der Waals surface area contributed by atoms with Crippen LogP contribution in [0.1, 0.15) is 37.4 Å². The van der Waals surface area contributed by atoms with Gasteiger partial charge in [-0.1, -0.05) is 11.6 Å². The van der Waals surface area contributed by atoms with Crippen molar-refractivity contribution in [1.82, 2.24) is 9.97 Å². The second-order valence-corrected chi connectivity index (χ2v) is 4.69. The fourth-order valence-corrected chi connectivity index (χ4v) is 2.03. The van der Waals surface area contributed by atoms with Crippen LogP contribution in [0.2, 0.25) is 5.15 Å². The van der Waals surface area contributed by atoms with E-state index in [0.29, 0.717) is 11.0 Å². The second kappa shape index (κ2) is 3.72. The highest BCUT2D eigenvalue weighted by Crippen LogP contribution is 2.29. The lowest BCUT2D eigenvalue weighted by Crippen LogP contribution is -2.23. The number of methoxy groups -OCH3 is 1. The molecule has 0 atom stereocenters. The number of hydrogen-bond acceptors (Lipinski definition) is 3. The molecule has 0 saturated heterocycles. The first-order chi connectivity index (χ1) is 7.04. The molecule has 1 heterocycles. The molecule has 3 nitrogen and oxygen atoms in total. The Kier molecular flexibility index (Phi) is 2.69. The highest BCUT2D eigenvalue weighted by atomic mass is 35.5.